The first-order valence-corrected chi connectivity index (χ1v) is 11.2. The number of aromatic hydroxyl groups is 2. The number of hydrogen-bond acceptors (Lipinski definition) is 4. The minimum Gasteiger partial charge on any atom is -0.504 e. The fourth-order valence-electron chi connectivity index (χ4n) is 4.44. The van der Waals surface area contributed by atoms with Crippen LogP contribution in [0.25, 0.3) is 10.9 Å². The molecule has 0 saturated heterocycles. The molecule has 1 saturated carbocycles. The zero-order chi connectivity index (χ0) is 24.0. The van der Waals surface area contributed by atoms with Crippen molar-refractivity contribution < 1.29 is 24.9 Å². The van der Waals surface area contributed by atoms with Crippen molar-refractivity contribution in [1.82, 2.24) is 4.57 Å². The number of nitrogens with zero attached hydrogens (tertiary/aromatic N) is 1. The second-order valence-electron chi connectivity index (χ2n) is 9.94. The molecule has 0 aliphatic heterocycles. The van der Waals surface area contributed by atoms with Crippen molar-refractivity contribution >= 4 is 28.5 Å². The van der Waals surface area contributed by atoms with Gasteiger partial charge < -0.3 is 25.2 Å². The highest BCUT2D eigenvalue weighted by Gasteiger charge is 2.51. The molecule has 7 nitrogen and oxygen atoms in total. The zero-order valence-corrected chi connectivity index (χ0v) is 19.2. The molecule has 0 spiro atoms. The van der Waals surface area contributed by atoms with Gasteiger partial charge >= 0.3 is 5.97 Å². The first-order valence-electron chi connectivity index (χ1n) is 11.2. The van der Waals surface area contributed by atoms with Gasteiger partial charge in [0, 0.05) is 40.7 Å². The summed E-state index contributed by atoms with van der Waals surface area (Å²) in [5.74, 6) is -1.37. The van der Waals surface area contributed by atoms with E-state index in [2.05, 4.69) is 36.7 Å². The summed E-state index contributed by atoms with van der Waals surface area (Å²) < 4.78 is 2.17. The molecule has 0 unspecified atom stereocenters. The first-order chi connectivity index (χ1) is 15.5. The number of phenolic OH excluding ortho intramolecular Hbond substituents is 2. The highest BCUT2D eigenvalue weighted by Crippen LogP contribution is 2.50. The number of benzene rings is 2. The number of carboxylic acid groups (broad SMARTS) is 1. The van der Waals surface area contributed by atoms with Crippen LogP contribution in [0.2, 0.25) is 0 Å². The molecular weight excluding hydrogens is 420 g/mol. The molecule has 1 heterocycles. The number of carboxylic acids is 1. The van der Waals surface area contributed by atoms with Gasteiger partial charge in [0.1, 0.15) is 0 Å². The van der Waals surface area contributed by atoms with Gasteiger partial charge in [-0.05, 0) is 61.2 Å². The van der Waals surface area contributed by atoms with E-state index in [-0.39, 0.29) is 29.2 Å². The lowest BCUT2D eigenvalue weighted by molar-refractivity contribution is -0.137. The summed E-state index contributed by atoms with van der Waals surface area (Å²) in [5, 5.41) is 32.5. The Bertz CT molecular complexity index is 1230. The van der Waals surface area contributed by atoms with E-state index in [0.29, 0.717) is 37.1 Å². The second kappa shape index (κ2) is 8.14. The van der Waals surface area contributed by atoms with Gasteiger partial charge in [0.15, 0.2) is 11.5 Å². The number of rotatable bonds is 7. The zero-order valence-electron chi connectivity index (χ0n) is 19.2. The molecule has 1 fully saturated rings. The maximum Gasteiger partial charge on any atom is 0.303 e. The summed E-state index contributed by atoms with van der Waals surface area (Å²) in [6, 6.07) is 12.4. The third-order valence-corrected chi connectivity index (χ3v) is 6.41. The van der Waals surface area contributed by atoms with Crippen molar-refractivity contribution in [3.63, 3.8) is 0 Å². The molecule has 0 atom stereocenters. The summed E-state index contributed by atoms with van der Waals surface area (Å²) in [6.45, 7) is 6.99. The van der Waals surface area contributed by atoms with Gasteiger partial charge in [0.25, 0.3) is 0 Å². The van der Waals surface area contributed by atoms with E-state index in [1.54, 1.807) is 6.07 Å². The van der Waals surface area contributed by atoms with E-state index in [0.717, 1.165) is 16.6 Å². The standard InChI is InChI=1S/C26H30N2O5/c1-25(2,3)22-14-16-13-18(7-8-19(16)28(22)12-4-5-23(31)32)27-24(33)26(10-11-26)17-6-9-20(29)21(30)15-17/h6-9,13-15,29-30H,4-5,10-12H2,1-3H3,(H,27,33)(H,31,32). The van der Waals surface area contributed by atoms with Crippen LogP contribution in [0.15, 0.2) is 42.5 Å². The fraction of sp³-hybridized carbons (Fsp3) is 0.385. The number of fused-ring (bicyclic) bond motifs is 1. The van der Waals surface area contributed by atoms with Crippen molar-refractivity contribution in [3.8, 4) is 11.5 Å². The van der Waals surface area contributed by atoms with E-state index < -0.39 is 11.4 Å². The average molecular weight is 451 g/mol. The van der Waals surface area contributed by atoms with Crippen LogP contribution in [-0.2, 0) is 27.0 Å². The van der Waals surface area contributed by atoms with Crippen LogP contribution in [0.3, 0.4) is 0 Å². The number of anilines is 1. The van der Waals surface area contributed by atoms with Crippen LogP contribution in [0.5, 0.6) is 11.5 Å². The quantitative estimate of drug-likeness (QED) is 0.383. The number of aromatic nitrogens is 1. The number of carbonyl (C=O) groups excluding carboxylic acids is 1. The highest BCUT2D eigenvalue weighted by atomic mass is 16.4. The van der Waals surface area contributed by atoms with Crippen molar-refractivity contribution in [2.24, 2.45) is 0 Å². The monoisotopic (exact) mass is 450 g/mol. The minimum atomic E-state index is -0.801. The molecule has 3 aromatic rings. The molecular formula is C26H30N2O5. The number of carbonyl (C=O) groups is 2. The van der Waals surface area contributed by atoms with Gasteiger partial charge in [-0.15, -0.1) is 0 Å². The summed E-state index contributed by atoms with van der Waals surface area (Å²) in [7, 11) is 0. The van der Waals surface area contributed by atoms with Gasteiger partial charge in [0.2, 0.25) is 5.91 Å². The van der Waals surface area contributed by atoms with Crippen LogP contribution in [0.4, 0.5) is 5.69 Å². The first kappa shape index (κ1) is 22.7. The summed E-state index contributed by atoms with van der Waals surface area (Å²) in [5.41, 5.74) is 2.68. The topological polar surface area (TPSA) is 112 Å². The molecule has 174 valence electrons. The molecule has 7 heteroatoms. The van der Waals surface area contributed by atoms with Gasteiger partial charge in [-0.3, -0.25) is 9.59 Å². The van der Waals surface area contributed by atoms with E-state index in [1.165, 1.54) is 12.1 Å². The lowest BCUT2D eigenvalue weighted by Crippen LogP contribution is -2.27. The molecule has 0 radical (unpaired) electrons. The van der Waals surface area contributed by atoms with Crippen LogP contribution in [0, 0.1) is 0 Å². The Labute approximate surface area is 192 Å². The van der Waals surface area contributed by atoms with Crippen LogP contribution < -0.4 is 5.32 Å². The summed E-state index contributed by atoms with van der Waals surface area (Å²) in [4.78, 5) is 24.1. The summed E-state index contributed by atoms with van der Waals surface area (Å²) in [6.07, 6.45) is 2.02. The smallest absolute Gasteiger partial charge is 0.303 e. The predicted octanol–water partition coefficient (Wildman–Crippen LogP) is 4.89. The fourth-order valence-corrected chi connectivity index (χ4v) is 4.44. The number of hydrogen-bond donors (Lipinski definition) is 4. The third kappa shape index (κ3) is 4.40. The summed E-state index contributed by atoms with van der Waals surface area (Å²) >= 11 is 0. The molecule has 1 aliphatic rings. The van der Waals surface area contributed by atoms with Gasteiger partial charge in [0.05, 0.1) is 5.41 Å². The Morgan fingerprint density at radius 3 is 2.36 bits per heavy atom. The molecule has 2 aromatic carbocycles. The lowest BCUT2D eigenvalue weighted by Gasteiger charge is -2.22. The second-order valence-corrected chi connectivity index (χ2v) is 9.94. The van der Waals surface area contributed by atoms with E-state index in [9.17, 15) is 19.8 Å². The number of aryl methyl sites for hydroxylation is 1. The van der Waals surface area contributed by atoms with Crippen LogP contribution in [0.1, 0.15) is 57.7 Å². The molecule has 33 heavy (non-hydrogen) atoms. The molecule has 1 amide bonds. The lowest BCUT2D eigenvalue weighted by atomic mass is 9.92. The van der Waals surface area contributed by atoms with E-state index in [4.69, 9.17) is 5.11 Å². The molecule has 0 bridgehead atoms. The Morgan fingerprint density at radius 1 is 1.03 bits per heavy atom. The Kier molecular flexibility index (Phi) is 5.60. The molecule has 4 rings (SSSR count). The van der Waals surface area contributed by atoms with Crippen LogP contribution >= 0.6 is 0 Å². The third-order valence-electron chi connectivity index (χ3n) is 6.41. The largest absolute Gasteiger partial charge is 0.504 e. The Morgan fingerprint density at radius 2 is 1.76 bits per heavy atom. The number of nitrogens with one attached hydrogen (secondary N) is 1. The highest BCUT2D eigenvalue weighted by molar-refractivity contribution is 6.02. The van der Waals surface area contributed by atoms with Crippen molar-refractivity contribution in [3.05, 3.63) is 53.7 Å². The molecule has 4 N–H and O–H groups in total. The van der Waals surface area contributed by atoms with E-state index >= 15 is 0 Å². The predicted molar refractivity (Wildman–Crippen MR) is 127 cm³/mol. The number of amides is 1. The molecule has 1 aliphatic carbocycles. The Hall–Kier alpha value is -3.48. The Balaban J connectivity index is 1.61. The van der Waals surface area contributed by atoms with Gasteiger partial charge in [-0.2, -0.15) is 0 Å². The van der Waals surface area contributed by atoms with Crippen molar-refractivity contribution in [1.29, 1.82) is 0 Å². The number of aliphatic carboxylic acids is 1. The van der Waals surface area contributed by atoms with Gasteiger partial charge in [-0.25, -0.2) is 0 Å². The maximum atomic E-state index is 13.1. The normalized spacial score (nSPS) is 14.9. The SMILES string of the molecule is CC(C)(C)c1cc2cc(NC(=O)C3(c4ccc(O)c(O)c4)CC3)ccc2n1CCCC(=O)O. The van der Waals surface area contributed by atoms with Gasteiger partial charge in [-0.1, -0.05) is 26.8 Å². The van der Waals surface area contributed by atoms with E-state index in [1.807, 2.05) is 18.2 Å². The molecule has 1 aromatic heterocycles. The van der Waals surface area contributed by atoms with Crippen molar-refractivity contribution in [2.45, 2.75) is 63.8 Å². The average Bonchev–Trinajstić information content (AvgIpc) is 3.46. The number of phenols is 2. The maximum absolute atomic E-state index is 13.1. The minimum absolute atomic E-state index is 0.117. The van der Waals surface area contributed by atoms with Crippen LogP contribution in [-0.4, -0.2) is 31.8 Å². The van der Waals surface area contributed by atoms with Crippen molar-refractivity contribution in [2.75, 3.05) is 5.32 Å².